The molecule has 220 valence electrons. The lowest BCUT2D eigenvalue weighted by molar-refractivity contribution is -0.145. The lowest BCUT2D eigenvalue weighted by Gasteiger charge is -2.34. The summed E-state index contributed by atoms with van der Waals surface area (Å²) in [5, 5.41) is 0. The quantitative estimate of drug-likeness (QED) is 0.134. The van der Waals surface area contributed by atoms with Crippen LogP contribution in [-0.4, -0.2) is 42.6 Å². The minimum Gasteiger partial charge on any atom is -0.465 e. The number of ether oxygens (including phenoxy) is 2. The molecule has 0 aliphatic heterocycles. The van der Waals surface area contributed by atoms with E-state index in [0.717, 1.165) is 30.6 Å². The van der Waals surface area contributed by atoms with Crippen molar-refractivity contribution in [1.82, 2.24) is 4.90 Å². The minimum atomic E-state index is -0.366. The van der Waals surface area contributed by atoms with Crippen molar-refractivity contribution in [3.63, 3.8) is 0 Å². The van der Waals surface area contributed by atoms with Gasteiger partial charge in [0.05, 0.1) is 30.4 Å². The maximum atomic E-state index is 12.8. The zero-order valence-corrected chi connectivity index (χ0v) is 26.3. The number of nitrogens with zero attached hydrogens (tertiary/aromatic N) is 1. The molecule has 1 saturated carbocycles. The van der Waals surface area contributed by atoms with Crippen LogP contribution in [0.3, 0.4) is 0 Å². The fourth-order valence-corrected chi connectivity index (χ4v) is 5.89. The second-order valence-electron chi connectivity index (χ2n) is 11.5. The van der Waals surface area contributed by atoms with Crippen molar-refractivity contribution >= 4 is 33.6 Å². The molecule has 1 aliphatic carbocycles. The molecule has 1 fully saturated rings. The predicted octanol–water partition coefficient (Wildman–Crippen LogP) is 7.67. The Kier molecular flexibility index (Phi) is 13.0. The fraction of sp³-hybridized carbons (Fsp3) is 0.576. The van der Waals surface area contributed by atoms with Crippen LogP contribution in [0.1, 0.15) is 106 Å². The van der Waals surface area contributed by atoms with Gasteiger partial charge in [-0.15, -0.1) is 0 Å². The average molecular weight is 616 g/mol. The number of nitrogen functional groups attached to an aromatic ring is 1. The van der Waals surface area contributed by atoms with Crippen LogP contribution in [-0.2, 0) is 27.2 Å². The molecule has 2 aromatic carbocycles. The predicted molar refractivity (Wildman–Crippen MR) is 165 cm³/mol. The van der Waals surface area contributed by atoms with Gasteiger partial charge in [0, 0.05) is 17.1 Å². The van der Waals surface area contributed by atoms with Crippen LogP contribution in [0, 0.1) is 5.92 Å². The fourth-order valence-electron chi connectivity index (χ4n) is 5.39. The molecule has 0 radical (unpaired) electrons. The highest BCUT2D eigenvalue weighted by molar-refractivity contribution is 9.10. The van der Waals surface area contributed by atoms with Gasteiger partial charge in [-0.1, -0.05) is 64.3 Å². The summed E-state index contributed by atoms with van der Waals surface area (Å²) in [6, 6.07) is 12.4. The standard InChI is InChI=1S/C33H47BrN2O4/c1-5-36(29-11-7-6-8-12-29)22-28-20-27(21-30(34)31(28)35)33(38)40-18-10-9-17-39-32(37)24(4)26-15-13-25(14-16-26)19-23(2)3/h13-16,20-21,23-24,29H,5-12,17-19,22,35H2,1-4H3. The summed E-state index contributed by atoms with van der Waals surface area (Å²) in [6.07, 6.45) is 8.57. The number of unbranched alkanes of at least 4 members (excludes halogenated alkanes) is 1. The molecule has 0 amide bonds. The number of benzene rings is 2. The van der Waals surface area contributed by atoms with Crippen molar-refractivity contribution in [2.45, 2.75) is 97.6 Å². The third-order valence-corrected chi connectivity index (χ3v) is 8.47. The number of halogens is 1. The molecule has 0 spiro atoms. The van der Waals surface area contributed by atoms with Gasteiger partial charge in [0.25, 0.3) is 0 Å². The number of hydrogen-bond donors (Lipinski definition) is 1. The van der Waals surface area contributed by atoms with E-state index in [0.29, 0.717) is 47.1 Å². The van der Waals surface area contributed by atoms with Crippen LogP contribution < -0.4 is 5.73 Å². The van der Waals surface area contributed by atoms with E-state index in [9.17, 15) is 9.59 Å². The highest BCUT2D eigenvalue weighted by Crippen LogP contribution is 2.30. The Bertz CT molecular complexity index is 1100. The maximum absolute atomic E-state index is 12.8. The zero-order valence-electron chi connectivity index (χ0n) is 24.7. The van der Waals surface area contributed by atoms with E-state index < -0.39 is 0 Å². The highest BCUT2D eigenvalue weighted by atomic mass is 79.9. The van der Waals surface area contributed by atoms with Crippen LogP contribution in [0.4, 0.5) is 5.69 Å². The normalized spacial score (nSPS) is 14.9. The average Bonchev–Trinajstić information content (AvgIpc) is 2.95. The van der Waals surface area contributed by atoms with Gasteiger partial charge in [-0.2, -0.15) is 0 Å². The molecule has 2 N–H and O–H groups in total. The summed E-state index contributed by atoms with van der Waals surface area (Å²) in [5.74, 6) is -0.316. The molecular weight excluding hydrogens is 568 g/mol. The van der Waals surface area contributed by atoms with Crippen molar-refractivity contribution in [3.8, 4) is 0 Å². The second kappa shape index (κ2) is 16.2. The highest BCUT2D eigenvalue weighted by Gasteiger charge is 2.22. The number of rotatable bonds is 14. The first-order chi connectivity index (χ1) is 19.2. The van der Waals surface area contributed by atoms with Crippen LogP contribution >= 0.6 is 15.9 Å². The monoisotopic (exact) mass is 614 g/mol. The zero-order chi connectivity index (χ0) is 29.1. The largest absolute Gasteiger partial charge is 0.465 e. The molecule has 0 heterocycles. The Hall–Kier alpha value is -2.38. The Morgan fingerprint density at radius 2 is 1.65 bits per heavy atom. The molecule has 3 rings (SSSR count). The first kappa shape index (κ1) is 32.1. The number of esters is 2. The van der Waals surface area contributed by atoms with E-state index in [2.05, 4.69) is 53.7 Å². The van der Waals surface area contributed by atoms with Gasteiger partial charge in [-0.05, 0) is 96.2 Å². The summed E-state index contributed by atoms with van der Waals surface area (Å²) in [7, 11) is 0. The van der Waals surface area contributed by atoms with Crippen molar-refractivity contribution in [2.75, 3.05) is 25.5 Å². The van der Waals surface area contributed by atoms with Gasteiger partial charge in [-0.25, -0.2) is 4.79 Å². The van der Waals surface area contributed by atoms with Gasteiger partial charge in [0.2, 0.25) is 0 Å². The van der Waals surface area contributed by atoms with Crippen molar-refractivity contribution < 1.29 is 19.1 Å². The summed E-state index contributed by atoms with van der Waals surface area (Å²) < 4.78 is 11.7. The molecule has 6 nitrogen and oxygen atoms in total. The molecule has 1 unspecified atom stereocenters. The van der Waals surface area contributed by atoms with Gasteiger partial charge in [-0.3, -0.25) is 9.69 Å². The maximum Gasteiger partial charge on any atom is 0.338 e. The molecule has 0 aromatic heterocycles. The number of anilines is 1. The Morgan fingerprint density at radius 3 is 2.27 bits per heavy atom. The van der Waals surface area contributed by atoms with Gasteiger partial charge in [0.1, 0.15) is 0 Å². The molecule has 0 saturated heterocycles. The van der Waals surface area contributed by atoms with Crippen molar-refractivity contribution in [2.24, 2.45) is 5.92 Å². The first-order valence-electron chi connectivity index (χ1n) is 14.9. The lowest BCUT2D eigenvalue weighted by Crippen LogP contribution is -2.36. The van der Waals surface area contributed by atoms with Crippen molar-refractivity contribution in [1.29, 1.82) is 0 Å². The number of carbonyl (C=O) groups is 2. The third kappa shape index (κ3) is 9.62. The minimum absolute atomic E-state index is 0.234. The van der Waals surface area contributed by atoms with E-state index in [1.165, 1.54) is 37.7 Å². The van der Waals surface area contributed by atoms with Gasteiger partial charge >= 0.3 is 11.9 Å². The Labute approximate surface area is 249 Å². The Morgan fingerprint density at radius 1 is 1.00 bits per heavy atom. The van der Waals surface area contributed by atoms with E-state index in [4.69, 9.17) is 15.2 Å². The lowest BCUT2D eigenvalue weighted by atomic mass is 9.93. The molecule has 7 heteroatoms. The summed E-state index contributed by atoms with van der Waals surface area (Å²) in [4.78, 5) is 27.8. The number of hydrogen-bond acceptors (Lipinski definition) is 6. The molecule has 40 heavy (non-hydrogen) atoms. The van der Waals surface area contributed by atoms with Gasteiger partial charge < -0.3 is 15.2 Å². The topological polar surface area (TPSA) is 81.9 Å². The van der Waals surface area contributed by atoms with Crippen molar-refractivity contribution in [3.05, 3.63) is 63.1 Å². The molecular formula is C33H47BrN2O4. The van der Waals surface area contributed by atoms with E-state index in [1.807, 2.05) is 25.1 Å². The van der Waals surface area contributed by atoms with E-state index in [-0.39, 0.29) is 24.5 Å². The van der Waals surface area contributed by atoms with Crippen LogP contribution in [0.5, 0.6) is 0 Å². The van der Waals surface area contributed by atoms with Gasteiger partial charge in [0.15, 0.2) is 0 Å². The van der Waals surface area contributed by atoms with E-state index in [1.54, 1.807) is 6.07 Å². The SMILES string of the molecule is CCN(Cc1cc(C(=O)OCCCCOC(=O)C(C)c2ccc(CC(C)C)cc2)cc(Br)c1N)C1CCCCC1. The molecule has 1 atom stereocenters. The third-order valence-electron chi connectivity index (χ3n) is 7.81. The van der Waals surface area contributed by atoms with Crippen LogP contribution in [0.25, 0.3) is 0 Å². The molecule has 1 aliphatic rings. The first-order valence-corrected chi connectivity index (χ1v) is 15.7. The van der Waals surface area contributed by atoms with E-state index >= 15 is 0 Å². The Balaban J connectivity index is 1.42. The van der Waals surface area contributed by atoms with Crippen LogP contribution in [0.15, 0.2) is 40.9 Å². The molecule has 2 aromatic rings. The summed E-state index contributed by atoms with van der Waals surface area (Å²) in [5.41, 5.74) is 10.7. The number of nitrogens with two attached hydrogens (primary N) is 1. The number of carbonyl (C=O) groups excluding carboxylic acids is 2. The smallest absolute Gasteiger partial charge is 0.338 e. The van der Waals surface area contributed by atoms with Crippen LogP contribution in [0.2, 0.25) is 0 Å². The second-order valence-corrected chi connectivity index (χ2v) is 12.3. The summed E-state index contributed by atoms with van der Waals surface area (Å²) in [6.45, 7) is 10.7. The molecule has 0 bridgehead atoms. The summed E-state index contributed by atoms with van der Waals surface area (Å²) >= 11 is 3.53.